The molecule has 464 valence electrons. The number of unbranched alkanes of at least 4 members (excludes halogenated alkanes) is 5. The van der Waals surface area contributed by atoms with Gasteiger partial charge in [0.15, 0.2) is 6.04 Å². The molecule has 36 nitrogen and oxygen atoms in total. The summed E-state index contributed by atoms with van der Waals surface area (Å²) in [6, 6.07) is -3.87. The molecule has 0 radical (unpaired) electrons. The molecule has 0 rings (SSSR count). The average Bonchev–Trinajstić information content (AvgIpc) is 3.47. The molecule has 0 aromatic heterocycles. The van der Waals surface area contributed by atoms with Crippen LogP contribution in [0, 0.1) is 0 Å². The largest absolute Gasteiger partial charge is 0.481 e. The van der Waals surface area contributed by atoms with Gasteiger partial charge in [0.2, 0.25) is 11.7 Å². The Kier molecular flexibility index (Phi) is 40.8. The smallest absolute Gasteiger partial charge is 0.380 e. The van der Waals surface area contributed by atoms with Crippen LogP contribution in [0.1, 0.15) is 77.0 Å². The van der Waals surface area contributed by atoms with Gasteiger partial charge in [-0.1, -0.05) is 12.8 Å². The lowest BCUT2D eigenvalue weighted by Gasteiger charge is -2.14. The first-order valence-electron chi connectivity index (χ1n) is 26.2. The summed E-state index contributed by atoms with van der Waals surface area (Å²) in [5.41, 5.74) is 0. The van der Waals surface area contributed by atoms with Gasteiger partial charge in [-0.15, -0.1) is 0 Å². The maximum Gasteiger partial charge on any atom is 0.380 e. The zero-order valence-corrected chi connectivity index (χ0v) is 45.4. The third-order valence-electron chi connectivity index (χ3n) is 10.8. The Morgan fingerprint density at radius 2 is 0.639 bits per heavy atom. The summed E-state index contributed by atoms with van der Waals surface area (Å²) in [6.07, 6.45) is 6.61. The molecule has 0 saturated heterocycles. The molecule has 0 aromatic rings. The first-order valence-corrected chi connectivity index (χ1v) is 26.2. The normalized spacial score (nSPS) is 11.4. The number of nitrogens with one attached hydrogen (secondary N) is 14. The van der Waals surface area contributed by atoms with Gasteiger partial charge in [0.05, 0.1) is 0 Å². The Morgan fingerprint density at radius 3 is 1.02 bits per heavy atom. The number of amides is 11. The maximum atomic E-state index is 12.2. The Bertz CT molecular complexity index is 2300. The standard InChI is InChI=1S/C47H74N14O22/c62-29(56-37(70)38(71)59-41(74)42(75)61-44(77)43(76)60-40(73)39(72)58-36(69)34(67)35(68)57-31(46(80)81)32(65)33(66)47(82)83)11-3-9-17-55-28(45(78)79)10-2-7-15-48-13-5-1-6-14-49-18-20-51-22-24-53-26-27-54-25-23-52-21-19-50-16-8-4-12-30(63)64/h28,31,48-55H,1-27H2,(H,57,68)(H,63,64)(H,78,79)(H,80,81)(H,82,83)(H,56,62,70)(H,58,69,72)(H,59,71,74)(H,60,73,76)(H,61,75,77). The number of Topliss-reactive ketones (excluding diaryl/α,β-unsaturated/α-hetero) is 3. The lowest BCUT2D eigenvalue weighted by Crippen LogP contribution is -2.56. The number of carbonyl (C=O) groups excluding carboxylic acids is 14. The SMILES string of the molecule is O=C(O)CCCCNCCNCCNCCNCCNCCNCCCCCNCCCCC(NCCCCC(=O)NC(=O)C(=O)NC(=O)C(=O)NC(=O)C(=O)NC(=O)C(=O)NC(=O)C(=O)C(=O)NC(C(=O)O)C(=O)C(=O)C(=O)O)C(=O)O. The number of ketones is 3. The summed E-state index contributed by atoms with van der Waals surface area (Å²) in [7, 11) is 0. The van der Waals surface area contributed by atoms with Gasteiger partial charge in [-0.05, 0) is 84.1 Å². The van der Waals surface area contributed by atoms with E-state index in [1.165, 1.54) is 5.32 Å². The number of imide groups is 5. The molecule has 2 atom stereocenters. The van der Waals surface area contributed by atoms with Gasteiger partial charge in [0, 0.05) is 78.3 Å². The highest BCUT2D eigenvalue weighted by atomic mass is 16.4. The molecule has 2 unspecified atom stereocenters. The second-order valence-corrected chi connectivity index (χ2v) is 17.5. The molecule has 0 fully saturated rings. The van der Waals surface area contributed by atoms with Crippen LogP contribution in [0.15, 0.2) is 0 Å². The van der Waals surface area contributed by atoms with Crippen molar-refractivity contribution >= 4 is 106 Å². The predicted octanol–water partition coefficient (Wildman–Crippen LogP) is -9.50. The minimum absolute atomic E-state index is 0.110. The quantitative estimate of drug-likeness (QED) is 0.0153. The van der Waals surface area contributed by atoms with Crippen molar-refractivity contribution in [3.05, 3.63) is 0 Å². The number of carboxylic acids is 4. The first-order chi connectivity index (χ1) is 39.4. The fraction of sp³-hybridized carbons (Fsp3) is 0.617. The Labute approximate surface area is 473 Å². The average molecular weight is 1190 g/mol. The topological polar surface area (TPSA) is 557 Å². The highest BCUT2D eigenvalue weighted by Crippen LogP contribution is 2.03. The fourth-order valence-electron chi connectivity index (χ4n) is 6.45. The predicted molar refractivity (Wildman–Crippen MR) is 281 cm³/mol. The summed E-state index contributed by atoms with van der Waals surface area (Å²) in [5.74, 6) is -36.1. The van der Waals surface area contributed by atoms with E-state index >= 15 is 0 Å². The van der Waals surface area contributed by atoms with Crippen molar-refractivity contribution in [2.24, 2.45) is 0 Å². The van der Waals surface area contributed by atoms with Crippen LogP contribution in [-0.4, -0.2) is 237 Å². The molecule has 0 saturated carbocycles. The maximum absolute atomic E-state index is 12.2. The van der Waals surface area contributed by atoms with E-state index in [2.05, 4.69) is 42.5 Å². The number of carboxylic acid groups (broad SMARTS) is 4. The van der Waals surface area contributed by atoms with Crippen molar-refractivity contribution in [3.8, 4) is 0 Å². The van der Waals surface area contributed by atoms with Crippen LogP contribution in [0.4, 0.5) is 0 Å². The third kappa shape index (κ3) is 37.4. The molecule has 0 aromatic carbocycles. The van der Waals surface area contributed by atoms with Crippen LogP contribution in [0.5, 0.6) is 0 Å². The molecule has 0 spiro atoms. The van der Waals surface area contributed by atoms with E-state index in [9.17, 15) is 91.4 Å². The molecular weight excluding hydrogens is 1110 g/mol. The van der Waals surface area contributed by atoms with Gasteiger partial charge in [-0.3, -0.25) is 103 Å². The van der Waals surface area contributed by atoms with E-state index in [4.69, 9.17) is 15.3 Å². The zero-order chi connectivity index (χ0) is 62.5. The van der Waals surface area contributed by atoms with Crippen LogP contribution in [0.3, 0.4) is 0 Å². The molecule has 0 aliphatic carbocycles. The molecule has 0 heterocycles. The lowest BCUT2D eigenvalue weighted by molar-refractivity contribution is -0.157. The van der Waals surface area contributed by atoms with Crippen molar-refractivity contribution in [3.63, 3.8) is 0 Å². The van der Waals surface area contributed by atoms with Crippen LogP contribution in [-0.2, 0) is 86.3 Å². The van der Waals surface area contributed by atoms with E-state index < -0.39 is 118 Å². The van der Waals surface area contributed by atoms with Gasteiger partial charge in [-0.25, -0.2) is 9.59 Å². The molecular formula is C47H74N14O22. The number of aliphatic carboxylic acids is 4. The monoisotopic (exact) mass is 1190 g/mol. The van der Waals surface area contributed by atoms with E-state index in [0.717, 1.165) is 145 Å². The minimum Gasteiger partial charge on any atom is -0.481 e. The van der Waals surface area contributed by atoms with E-state index in [1.807, 2.05) is 0 Å². The van der Waals surface area contributed by atoms with Gasteiger partial charge in [0.1, 0.15) is 6.04 Å². The van der Waals surface area contributed by atoms with Crippen molar-refractivity contribution < 1.29 is 107 Å². The highest BCUT2D eigenvalue weighted by Gasteiger charge is 2.39. The number of rotatable bonds is 45. The van der Waals surface area contributed by atoms with Crippen LogP contribution in [0.2, 0.25) is 0 Å². The van der Waals surface area contributed by atoms with E-state index in [0.29, 0.717) is 19.3 Å². The second kappa shape index (κ2) is 45.4. The van der Waals surface area contributed by atoms with Gasteiger partial charge in [0.25, 0.3) is 5.91 Å². The molecule has 0 aliphatic rings. The van der Waals surface area contributed by atoms with Gasteiger partial charge in [-0.2, -0.15) is 0 Å². The molecule has 83 heavy (non-hydrogen) atoms. The summed E-state index contributed by atoms with van der Waals surface area (Å²) < 4.78 is 0. The van der Waals surface area contributed by atoms with Crippen LogP contribution in [0.25, 0.3) is 0 Å². The van der Waals surface area contributed by atoms with E-state index in [-0.39, 0.29) is 32.2 Å². The van der Waals surface area contributed by atoms with Crippen LogP contribution >= 0.6 is 0 Å². The highest BCUT2D eigenvalue weighted by molar-refractivity contribution is 6.67. The molecule has 36 heteroatoms. The number of carbonyl (C=O) groups is 18. The Balaban J connectivity index is 4.13. The van der Waals surface area contributed by atoms with E-state index in [1.54, 1.807) is 5.32 Å². The summed E-state index contributed by atoms with van der Waals surface area (Å²) in [4.78, 5) is 210. The summed E-state index contributed by atoms with van der Waals surface area (Å²) in [5, 5.41) is 68.9. The molecule has 18 N–H and O–H groups in total. The number of hydrogen-bond donors (Lipinski definition) is 18. The minimum atomic E-state index is -3.01. The van der Waals surface area contributed by atoms with Crippen LogP contribution < -0.4 is 74.4 Å². The Hall–Kier alpha value is -8.26. The zero-order valence-electron chi connectivity index (χ0n) is 45.4. The Morgan fingerprint density at radius 1 is 0.301 bits per heavy atom. The van der Waals surface area contributed by atoms with Crippen molar-refractivity contribution in [1.82, 2.24) is 74.4 Å². The van der Waals surface area contributed by atoms with Crippen molar-refractivity contribution in [1.29, 1.82) is 0 Å². The second-order valence-electron chi connectivity index (χ2n) is 17.5. The molecule has 0 aliphatic heterocycles. The van der Waals surface area contributed by atoms with Crippen molar-refractivity contribution in [2.45, 2.75) is 89.1 Å². The summed E-state index contributed by atoms with van der Waals surface area (Å²) >= 11 is 0. The lowest BCUT2D eigenvalue weighted by atomic mass is 10.1. The number of hydrogen-bond acceptors (Lipinski definition) is 26. The van der Waals surface area contributed by atoms with Gasteiger partial charge < -0.3 is 68.3 Å². The fourth-order valence-corrected chi connectivity index (χ4v) is 6.45. The van der Waals surface area contributed by atoms with Gasteiger partial charge >= 0.3 is 88.6 Å². The molecule has 11 amide bonds. The summed E-state index contributed by atoms with van der Waals surface area (Å²) in [6.45, 7) is 12.3. The first kappa shape index (κ1) is 74.7. The third-order valence-corrected chi connectivity index (χ3v) is 10.8. The van der Waals surface area contributed by atoms with Crippen molar-refractivity contribution in [2.75, 3.05) is 98.2 Å². The molecule has 0 bridgehead atoms.